The molecule has 1 aliphatic heterocycles. The molecule has 1 N–H and O–H groups in total. The number of ether oxygens (including phenoxy) is 2. The van der Waals surface area contributed by atoms with Crippen LogP contribution in [0.1, 0.15) is 13.3 Å². The summed E-state index contributed by atoms with van der Waals surface area (Å²) < 4.78 is 10.0. The highest BCUT2D eigenvalue weighted by atomic mass is 35.5. The van der Waals surface area contributed by atoms with Gasteiger partial charge < -0.3 is 14.8 Å². The summed E-state index contributed by atoms with van der Waals surface area (Å²) in [6, 6.07) is 0.137. The number of carbonyl (C=O) groups is 1. The normalized spacial score (nSPS) is 21.8. The number of carbonyl (C=O) groups excluding carboxylic acids is 1. The second-order valence-electron chi connectivity index (χ2n) is 2.74. The summed E-state index contributed by atoms with van der Waals surface area (Å²) in [6.07, 6.45) is 0.411. The van der Waals surface area contributed by atoms with Crippen molar-refractivity contribution in [3.05, 3.63) is 0 Å². The Labute approximate surface area is 84.4 Å². The first kappa shape index (κ1) is 12.7. The zero-order chi connectivity index (χ0) is 8.81. The third-order valence-corrected chi connectivity index (χ3v) is 1.72. The Bertz CT molecular complexity index is 148. The zero-order valence-corrected chi connectivity index (χ0v) is 8.56. The molecule has 1 rings (SSSR count). The summed E-state index contributed by atoms with van der Waals surface area (Å²) in [5.74, 6) is -0.152. The predicted molar refractivity (Wildman–Crippen MR) is 51.1 cm³/mol. The van der Waals surface area contributed by atoms with Gasteiger partial charge in [0.15, 0.2) is 0 Å². The van der Waals surface area contributed by atoms with Gasteiger partial charge in [-0.15, -0.1) is 12.4 Å². The molecule has 5 heteroatoms. The Morgan fingerprint density at radius 3 is 3.00 bits per heavy atom. The van der Waals surface area contributed by atoms with Crippen molar-refractivity contribution in [3.63, 3.8) is 0 Å². The molecule has 0 aliphatic carbocycles. The number of nitrogens with one attached hydrogen (secondary N) is 1. The van der Waals surface area contributed by atoms with Crippen molar-refractivity contribution in [2.75, 3.05) is 26.4 Å². The molecule has 1 fully saturated rings. The maximum absolute atomic E-state index is 11.0. The van der Waals surface area contributed by atoms with E-state index in [9.17, 15) is 4.79 Å². The topological polar surface area (TPSA) is 47.6 Å². The van der Waals surface area contributed by atoms with E-state index < -0.39 is 0 Å². The lowest BCUT2D eigenvalue weighted by atomic mass is 10.2. The fraction of sp³-hybridized carbons (Fsp3) is 0.875. The van der Waals surface area contributed by atoms with Crippen LogP contribution >= 0.6 is 12.4 Å². The van der Waals surface area contributed by atoms with Crippen molar-refractivity contribution < 1.29 is 14.3 Å². The number of esters is 1. The lowest BCUT2D eigenvalue weighted by molar-refractivity contribution is -0.144. The molecule has 78 valence electrons. The van der Waals surface area contributed by atoms with Crippen molar-refractivity contribution in [1.29, 1.82) is 0 Å². The Hall–Kier alpha value is -0.320. The van der Waals surface area contributed by atoms with E-state index in [0.717, 1.165) is 13.2 Å². The van der Waals surface area contributed by atoms with Gasteiger partial charge in [0.25, 0.3) is 0 Å². The predicted octanol–water partition coefficient (Wildman–Crippen LogP) is 0.350. The third kappa shape index (κ3) is 5.08. The Morgan fingerprint density at radius 2 is 2.46 bits per heavy atom. The molecule has 0 aromatic heterocycles. The van der Waals surface area contributed by atoms with Gasteiger partial charge in [-0.05, 0) is 6.92 Å². The van der Waals surface area contributed by atoms with E-state index in [1.165, 1.54) is 0 Å². The van der Waals surface area contributed by atoms with Crippen LogP contribution in [0.15, 0.2) is 0 Å². The van der Waals surface area contributed by atoms with Gasteiger partial charge in [-0.2, -0.15) is 0 Å². The molecule has 0 saturated carbocycles. The van der Waals surface area contributed by atoms with Crippen molar-refractivity contribution >= 4 is 18.4 Å². The average molecular weight is 210 g/mol. The maximum Gasteiger partial charge on any atom is 0.307 e. The Kier molecular flexibility index (Phi) is 6.94. The molecule has 1 saturated heterocycles. The van der Waals surface area contributed by atoms with Gasteiger partial charge in [0.2, 0.25) is 0 Å². The largest absolute Gasteiger partial charge is 0.466 e. The molecular weight excluding hydrogens is 194 g/mol. The van der Waals surface area contributed by atoms with E-state index in [4.69, 9.17) is 9.47 Å². The molecule has 0 spiro atoms. The van der Waals surface area contributed by atoms with Gasteiger partial charge in [-0.1, -0.05) is 0 Å². The standard InChI is InChI=1S/C8H15NO3.ClH/c1-2-12-8(10)5-7-6-11-4-3-9-7;/h7,9H,2-6H2,1H3;1H. The van der Waals surface area contributed by atoms with Crippen LogP contribution < -0.4 is 5.32 Å². The van der Waals surface area contributed by atoms with Gasteiger partial charge in [0, 0.05) is 12.6 Å². The highest BCUT2D eigenvalue weighted by Crippen LogP contribution is 1.99. The number of morpholine rings is 1. The van der Waals surface area contributed by atoms with E-state index >= 15 is 0 Å². The molecule has 0 aromatic rings. The Morgan fingerprint density at radius 1 is 1.69 bits per heavy atom. The number of halogens is 1. The highest BCUT2D eigenvalue weighted by molar-refractivity contribution is 5.85. The zero-order valence-electron chi connectivity index (χ0n) is 7.75. The van der Waals surface area contributed by atoms with Crippen LogP contribution in [0.4, 0.5) is 0 Å². The SMILES string of the molecule is CCOC(=O)CC1COCCN1.Cl. The molecule has 0 radical (unpaired) electrons. The van der Waals surface area contributed by atoms with E-state index in [1.807, 2.05) is 6.92 Å². The maximum atomic E-state index is 11.0. The molecule has 1 aliphatic rings. The van der Waals surface area contributed by atoms with Crippen LogP contribution in [0.25, 0.3) is 0 Å². The van der Waals surface area contributed by atoms with Crippen LogP contribution in [0.3, 0.4) is 0 Å². The molecule has 4 nitrogen and oxygen atoms in total. The van der Waals surface area contributed by atoms with E-state index in [1.54, 1.807) is 0 Å². The van der Waals surface area contributed by atoms with Crippen LogP contribution in [0.2, 0.25) is 0 Å². The first-order valence-electron chi connectivity index (χ1n) is 4.29. The van der Waals surface area contributed by atoms with Gasteiger partial charge in [0.05, 0.1) is 26.2 Å². The number of hydrogen-bond acceptors (Lipinski definition) is 4. The molecule has 0 aromatic carbocycles. The summed E-state index contributed by atoms with van der Waals surface area (Å²) in [5.41, 5.74) is 0. The van der Waals surface area contributed by atoms with Crippen molar-refractivity contribution in [2.24, 2.45) is 0 Å². The average Bonchev–Trinajstić information content (AvgIpc) is 2.06. The molecule has 13 heavy (non-hydrogen) atoms. The van der Waals surface area contributed by atoms with Gasteiger partial charge in [-0.3, -0.25) is 4.79 Å². The minimum atomic E-state index is -0.152. The van der Waals surface area contributed by atoms with Crippen molar-refractivity contribution in [1.82, 2.24) is 5.32 Å². The quantitative estimate of drug-likeness (QED) is 0.682. The fourth-order valence-corrected chi connectivity index (χ4v) is 1.17. The van der Waals surface area contributed by atoms with Gasteiger partial charge in [0.1, 0.15) is 0 Å². The number of hydrogen-bond donors (Lipinski definition) is 1. The summed E-state index contributed by atoms with van der Waals surface area (Å²) >= 11 is 0. The van der Waals surface area contributed by atoms with Gasteiger partial charge in [-0.25, -0.2) is 0 Å². The van der Waals surface area contributed by atoms with Gasteiger partial charge >= 0.3 is 5.97 Å². The first-order chi connectivity index (χ1) is 5.83. The molecule has 0 amide bonds. The molecule has 1 unspecified atom stereocenters. The molecule has 0 bridgehead atoms. The molecule has 1 atom stereocenters. The van der Waals surface area contributed by atoms with Crippen molar-refractivity contribution in [2.45, 2.75) is 19.4 Å². The molecule has 1 heterocycles. The van der Waals surface area contributed by atoms with E-state index in [2.05, 4.69) is 5.32 Å². The summed E-state index contributed by atoms with van der Waals surface area (Å²) in [5, 5.41) is 3.18. The lowest BCUT2D eigenvalue weighted by Gasteiger charge is -2.22. The first-order valence-corrected chi connectivity index (χ1v) is 4.29. The number of rotatable bonds is 3. The minimum Gasteiger partial charge on any atom is -0.466 e. The smallest absolute Gasteiger partial charge is 0.307 e. The second-order valence-corrected chi connectivity index (χ2v) is 2.74. The summed E-state index contributed by atoms with van der Waals surface area (Å²) in [4.78, 5) is 11.0. The highest BCUT2D eigenvalue weighted by Gasteiger charge is 2.16. The van der Waals surface area contributed by atoms with Crippen LogP contribution in [-0.4, -0.2) is 38.4 Å². The minimum absolute atomic E-state index is 0. The van der Waals surface area contributed by atoms with Crippen LogP contribution in [0, 0.1) is 0 Å². The van der Waals surface area contributed by atoms with Crippen LogP contribution in [-0.2, 0) is 14.3 Å². The Balaban J connectivity index is 0.00000144. The van der Waals surface area contributed by atoms with E-state index in [-0.39, 0.29) is 24.4 Å². The summed E-state index contributed by atoms with van der Waals surface area (Å²) in [6.45, 7) is 4.43. The second kappa shape index (κ2) is 7.12. The lowest BCUT2D eigenvalue weighted by Crippen LogP contribution is -2.42. The van der Waals surface area contributed by atoms with Crippen LogP contribution in [0.5, 0.6) is 0 Å². The van der Waals surface area contributed by atoms with Crippen molar-refractivity contribution in [3.8, 4) is 0 Å². The van der Waals surface area contributed by atoms with E-state index in [0.29, 0.717) is 19.6 Å². The third-order valence-electron chi connectivity index (χ3n) is 1.72. The fourth-order valence-electron chi connectivity index (χ4n) is 1.17. The summed E-state index contributed by atoms with van der Waals surface area (Å²) in [7, 11) is 0. The molecular formula is C8H16ClNO3. The monoisotopic (exact) mass is 209 g/mol.